The van der Waals surface area contributed by atoms with Crippen molar-refractivity contribution < 1.29 is 14.3 Å². The average Bonchev–Trinajstić information content (AvgIpc) is 3.49. The fourth-order valence-electron chi connectivity index (χ4n) is 3.74. The average molecular weight is 424 g/mol. The maximum atomic E-state index is 11.8. The van der Waals surface area contributed by atoms with Gasteiger partial charge in [-0.1, -0.05) is 12.1 Å². The third-order valence-electron chi connectivity index (χ3n) is 5.96. The maximum Gasteiger partial charge on any atom is 0.317 e. The van der Waals surface area contributed by atoms with Crippen molar-refractivity contribution in [2.75, 3.05) is 38.7 Å². The molecule has 2 amide bonds. The summed E-state index contributed by atoms with van der Waals surface area (Å²) in [7, 11) is 3.47. The van der Waals surface area contributed by atoms with Gasteiger partial charge >= 0.3 is 6.03 Å². The lowest BCUT2D eigenvalue weighted by Gasteiger charge is -2.20. The molecule has 1 saturated carbocycles. The molecule has 2 fully saturated rings. The summed E-state index contributed by atoms with van der Waals surface area (Å²) in [4.78, 5) is 15.7. The number of hydrogen-bond acceptors (Lipinski definition) is 4. The van der Waals surface area contributed by atoms with Crippen LogP contribution in [-0.4, -0.2) is 50.8 Å². The van der Waals surface area contributed by atoms with Gasteiger partial charge in [-0.15, -0.1) is 0 Å². The molecule has 1 N–H and O–H groups in total. The van der Waals surface area contributed by atoms with Crippen LogP contribution >= 0.6 is 0 Å². The summed E-state index contributed by atoms with van der Waals surface area (Å²) in [5.41, 5.74) is 2.27. The van der Waals surface area contributed by atoms with Gasteiger partial charge < -0.3 is 24.6 Å². The number of anilines is 1. The van der Waals surface area contributed by atoms with Crippen molar-refractivity contribution in [1.82, 2.24) is 10.2 Å². The van der Waals surface area contributed by atoms with Gasteiger partial charge in [0, 0.05) is 32.7 Å². The Hall–Kier alpha value is -2.89. The number of carbonyl (C=O) groups excluding carboxylic acids is 1. The lowest BCUT2D eigenvalue weighted by atomic mass is 10.1. The van der Waals surface area contributed by atoms with Gasteiger partial charge in [0.2, 0.25) is 0 Å². The fraction of sp³-hybridized carbons (Fsp3) is 0.480. The van der Waals surface area contributed by atoms with Crippen LogP contribution in [0.3, 0.4) is 0 Å². The molecule has 1 heterocycles. The predicted octanol–water partition coefficient (Wildman–Crippen LogP) is 4.47. The molecular formula is C25H33N3O3. The highest BCUT2D eigenvalue weighted by Gasteiger charge is 2.25. The van der Waals surface area contributed by atoms with E-state index in [1.165, 1.54) is 23.4 Å². The number of nitrogens with zero attached hydrogens (tertiary/aromatic N) is 2. The SMILES string of the molecule is C[C@H](NC(=O)N(C)C)c1ccc(OC2CCN(c3ccc(OCC4CC4)cc3)C2)cc1. The second-order valence-corrected chi connectivity index (χ2v) is 8.86. The molecule has 1 saturated heterocycles. The molecule has 6 nitrogen and oxygen atoms in total. The Morgan fingerprint density at radius 3 is 2.39 bits per heavy atom. The second-order valence-electron chi connectivity index (χ2n) is 8.86. The van der Waals surface area contributed by atoms with Crippen LogP contribution in [0.1, 0.15) is 37.8 Å². The molecule has 31 heavy (non-hydrogen) atoms. The third kappa shape index (κ3) is 5.84. The van der Waals surface area contributed by atoms with Crippen LogP contribution in [-0.2, 0) is 0 Å². The van der Waals surface area contributed by atoms with Gasteiger partial charge in [0.25, 0.3) is 0 Å². The quantitative estimate of drug-likeness (QED) is 0.681. The Balaban J connectivity index is 1.26. The fourth-order valence-corrected chi connectivity index (χ4v) is 3.74. The van der Waals surface area contributed by atoms with E-state index < -0.39 is 0 Å². The standard InChI is InChI=1S/C25H33N3O3/c1-18(26-25(29)27(2)3)20-6-10-23(11-7-20)31-24-14-15-28(16-24)21-8-12-22(13-9-21)30-17-19-4-5-19/h6-13,18-19,24H,4-5,14-17H2,1-3H3,(H,26,29)/t18-,24?/m0/s1. The van der Waals surface area contributed by atoms with E-state index in [1.54, 1.807) is 14.1 Å². The minimum absolute atomic E-state index is 0.0536. The van der Waals surface area contributed by atoms with Gasteiger partial charge in [0.15, 0.2) is 0 Å². The lowest BCUT2D eigenvalue weighted by molar-refractivity contribution is 0.214. The first-order chi connectivity index (χ1) is 15.0. The van der Waals surface area contributed by atoms with Gasteiger partial charge in [-0.3, -0.25) is 0 Å². The zero-order chi connectivity index (χ0) is 21.8. The van der Waals surface area contributed by atoms with E-state index in [9.17, 15) is 4.79 Å². The van der Waals surface area contributed by atoms with Gasteiger partial charge in [-0.05, 0) is 67.6 Å². The minimum atomic E-state index is -0.0959. The van der Waals surface area contributed by atoms with Gasteiger partial charge in [-0.2, -0.15) is 0 Å². The summed E-state index contributed by atoms with van der Waals surface area (Å²) in [6, 6.07) is 16.3. The van der Waals surface area contributed by atoms with Crippen LogP contribution in [0, 0.1) is 5.92 Å². The van der Waals surface area contributed by atoms with Crippen molar-refractivity contribution in [3.63, 3.8) is 0 Å². The summed E-state index contributed by atoms with van der Waals surface area (Å²) in [6.07, 6.45) is 3.78. The number of amides is 2. The van der Waals surface area contributed by atoms with Gasteiger partial charge in [0.05, 0.1) is 19.2 Å². The van der Waals surface area contributed by atoms with E-state index in [0.717, 1.165) is 49.1 Å². The Labute approximate surface area is 185 Å². The van der Waals surface area contributed by atoms with Crippen LogP contribution in [0.25, 0.3) is 0 Å². The van der Waals surface area contributed by atoms with Crippen LogP contribution in [0.15, 0.2) is 48.5 Å². The molecule has 0 aromatic heterocycles. The Morgan fingerprint density at radius 1 is 1.06 bits per heavy atom. The van der Waals surface area contributed by atoms with Crippen molar-refractivity contribution in [1.29, 1.82) is 0 Å². The van der Waals surface area contributed by atoms with E-state index in [1.807, 2.05) is 31.2 Å². The van der Waals surface area contributed by atoms with Crippen molar-refractivity contribution in [3.05, 3.63) is 54.1 Å². The summed E-state index contributed by atoms with van der Waals surface area (Å²) in [5.74, 6) is 2.59. The van der Waals surface area contributed by atoms with Crippen LogP contribution in [0.2, 0.25) is 0 Å². The minimum Gasteiger partial charge on any atom is -0.493 e. The van der Waals surface area contributed by atoms with Crippen molar-refractivity contribution in [2.45, 2.75) is 38.3 Å². The zero-order valence-corrected chi connectivity index (χ0v) is 18.7. The van der Waals surface area contributed by atoms with Crippen LogP contribution in [0.4, 0.5) is 10.5 Å². The van der Waals surface area contributed by atoms with E-state index in [0.29, 0.717) is 0 Å². The summed E-state index contributed by atoms with van der Waals surface area (Å²) >= 11 is 0. The molecule has 166 valence electrons. The molecule has 2 aromatic carbocycles. The smallest absolute Gasteiger partial charge is 0.317 e. The number of nitrogens with one attached hydrogen (secondary N) is 1. The van der Waals surface area contributed by atoms with E-state index in [4.69, 9.17) is 9.47 Å². The second kappa shape index (κ2) is 9.50. The van der Waals surface area contributed by atoms with Crippen LogP contribution in [0.5, 0.6) is 11.5 Å². The topological polar surface area (TPSA) is 54.0 Å². The molecule has 6 heteroatoms. The summed E-state index contributed by atoms with van der Waals surface area (Å²) in [5, 5.41) is 2.96. The van der Waals surface area contributed by atoms with Gasteiger partial charge in [-0.25, -0.2) is 4.79 Å². The Kier molecular flexibility index (Phi) is 6.54. The largest absolute Gasteiger partial charge is 0.493 e. The molecule has 2 aliphatic rings. The number of benzene rings is 2. The highest BCUT2D eigenvalue weighted by molar-refractivity contribution is 5.74. The Bertz CT molecular complexity index is 863. The number of ether oxygens (including phenoxy) is 2. The molecule has 4 rings (SSSR count). The van der Waals surface area contributed by atoms with Crippen molar-refractivity contribution in [3.8, 4) is 11.5 Å². The molecule has 0 spiro atoms. The molecule has 0 radical (unpaired) electrons. The molecule has 0 bridgehead atoms. The normalized spacial score (nSPS) is 19.1. The summed E-state index contributed by atoms with van der Waals surface area (Å²) < 4.78 is 12.1. The zero-order valence-electron chi connectivity index (χ0n) is 18.7. The molecule has 1 aliphatic heterocycles. The number of carbonyl (C=O) groups is 1. The van der Waals surface area contributed by atoms with Crippen LogP contribution < -0.4 is 19.7 Å². The first kappa shape index (κ1) is 21.3. The highest BCUT2D eigenvalue weighted by Crippen LogP contribution is 2.30. The molecule has 2 aromatic rings. The van der Waals surface area contributed by atoms with E-state index >= 15 is 0 Å². The number of urea groups is 1. The van der Waals surface area contributed by atoms with E-state index in [-0.39, 0.29) is 18.2 Å². The first-order valence-electron chi connectivity index (χ1n) is 11.2. The maximum absolute atomic E-state index is 11.8. The molecule has 1 aliphatic carbocycles. The first-order valence-corrected chi connectivity index (χ1v) is 11.2. The highest BCUT2D eigenvalue weighted by atomic mass is 16.5. The summed E-state index contributed by atoms with van der Waals surface area (Å²) in [6.45, 7) is 4.69. The molecule has 1 unspecified atom stereocenters. The van der Waals surface area contributed by atoms with Gasteiger partial charge in [0.1, 0.15) is 17.6 Å². The number of hydrogen-bond donors (Lipinski definition) is 1. The Morgan fingerprint density at radius 2 is 1.74 bits per heavy atom. The van der Waals surface area contributed by atoms with Crippen molar-refractivity contribution >= 4 is 11.7 Å². The lowest BCUT2D eigenvalue weighted by Crippen LogP contribution is -2.36. The third-order valence-corrected chi connectivity index (χ3v) is 5.96. The van der Waals surface area contributed by atoms with Crippen molar-refractivity contribution in [2.24, 2.45) is 5.92 Å². The monoisotopic (exact) mass is 423 g/mol. The predicted molar refractivity (Wildman–Crippen MR) is 123 cm³/mol. The van der Waals surface area contributed by atoms with E-state index in [2.05, 4.69) is 34.5 Å². The molecular weight excluding hydrogens is 390 g/mol. The number of rotatable bonds is 8. The molecule has 2 atom stereocenters.